The largest absolute Gasteiger partial charge is 0.361 e. The molecule has 0 fully saturated rings. The van der Waals surface area contributed by atoms with Gasteiger partial charge in [-0.15, -0.1) is 0 Å². The fraction of sp³-hybridized carbons (Fsp3) is 0.0909. The van der Waals surface area contributed by atoms with Crippen LogP contribution in [0.3, 0.4) is 0 Å². The Bertz CT molecular complexity index is 1060. The number of benzene rings is 3. The van der Waals surface area contributed by atoms with Gasteiger partial charge >= 0.3 is 0 Å². The van der Waals surface area contributed by atoms with Gasteiger partial charge in [0.2, 0.25) is 0 Å². The first kappa shape index (κ1) is 18.8. The van der Waals surface area contributed by atoms with Crippen LogP contribution in [0.15, 0.2) is 83.9 Å². The van der Waals surface area contributed by atoms with E-state index < -0.39 is 24.2 Å². The first-order valence-electron chi connectivity index (χ1n) is 9.10. The second kappa shape index (κ2) is 8.22. The Hall–Kier alpha value is -3.55. The quantitative estimate of drug-likeness (QED) is 0.505. The number of benzodiazepines with no additional fused rings is 1. The number of carbonyl (C=O) groups excluding carboxylic acids is 1. The number of hydrogen-bond acceptors (Lipinski definition) is 5. The molecule has 3 aromatic carbocycles. The van der Waals surface area contributed by atoms with Gasteiger partial charge in [0.05, 0.1) is 17.1 Å². The number of halogens is 1. The molecule has 0 saturated carbocycles. The summed E-state index contributed by atoms with van der Waals surface area (Å²) in [7, 11) is 0. The monoisotopic (exact) mass is 390 g/mol. The van der Waals surface area contributed by atoms with Gasteiger partial charge in [-0.2, -0.15) is 0 Å². The normalized spacial score (nSPS) is 16.8. The van der Waals surface area contributed by atoms with E-state index in [4.69, 9.17) is 0 Å². The maximum atomic E-state index is 13.8. The van der Waals surface area contributed by atoms with Crippen LogP contribution < -0.4 is 16.0 Å². The Morgan fingerprint density at radius 2 is 1.66 bits per heavy atom. The van der Waals surface area contributed by atoms with Crippen molar-refractivity contribution in [3.05, 3.63) is 95.8 Å². The van der Waals surface area contributed by atoms with Crippen molar-refractivity contribution in [2.24, 2.45) is 4.99 Å². The van der Waals surface area contributed by atoms with Crippen molar-refractivity contribution in [2.75, 3.05) is 10.6 Å². The van der Waals surface area contributed by atoms with Gasteiger partial charge in [-0.25, -0.2) is 9.71 Å². The number of nitrogens with zero attached hydrogens (tertiary/aromatic N) is 1. The molecular weight excluding hydrogens is 371 g/mol. The Balaban J connectivity index is 1.65. The lowest BCUT2D eigenvalue weighted by Crippen LogP contribution is -2.48. The zero-order chi connectivity index (χ0) is 20.2. The lowest BCUT2D eigenvalue weighted by molar-refractivity contribution is -0.118. The van der Waals surface area contributed by atoms with Gasteiger partial charge in [-0.05, 0) is 18.2 Å². The van der Waals surface area contributed by atoms with Gasteiger partial charge in [0, 0.05) is 11.1 Å². The minimum atomic E-state index is -1.40. The van der Waals surface area contributed by atoms with Crippen LogP contribution in [0.4, 0.5) is 15.8 Å². The highest BCUT2D eigenvalue weighted by Crippen LogP contribution is 2.23. The highest BCUT2D eigenvalue weighted by Gasteiger charge is 2.27. The van der Waals surface area contributed by atoms with E-state index in [1.807, 2.05) is 48.5 Å². The van der Waals surface area contributed by atoms with Crippen LogP contribution in [0.2, 0.25) is 0 Å². The van der Waals surface area contributed by atoms with Gasteiger partial charge in [0.25, 0.3) is 5.91 Å². The Morgan fingerprint density at radius 1 is 0.966 bits per heavy atom. The smallest absolute Gasteiger partial charge is 0.264 e. The number of aliphatic hydroxyl groups is 1. The zero-order valence-electron chi connectivity index (χ0n) is 15.3. The molecule has 29 heavy (non-hydrogen) atoms. The molecule has 6 nitrogen and oxygen atoms in total. The summed E-state index contributed by atoms with van der Waals surface area (Å²) in [5.74, 6) is -0.947. The van der Waals surface area contributed by atoms with Crippen molar-refractivity contribution in [3.8, 4) is 0 Å². The lowest BCUT2D eigenvalue weighted by Gasteiger charge is -2.20. The summed E-state index contributed by atoms with van der Waals surface area (Å²) in [4.78, 5) is 17.3. The van der Waals surface area contributed by atoms with Gasteiger partial charge in [-0.3, -0.25) is 9.79 Å². The molecule has 3 aromatic rings. The van der Waals surface area contributed by atoms with Crippen molar-refractivity contribution >= 4 is 23.0 Å². The van der Waals surface area contributed by atoms with Crippen LogP contribution in [-0.4, -0.2) is 29.2 Å². The highest BCUT2D eigenvalue weighted by molar-refractivity contribution is 6.19. The van der Waals surface area contributed by atoms with E-state index in [0.717, 1.165) is 11.1 Å². The maximum Gasteiger partial charge on any atom is 0.264 e. The Labute approximate surface area is 167 Å². The number of hydrogen-bond donors (Lipinski definition) is 4. The average Bonchev–Trinajstić information content (AvgIpc) is 2.87. The second-order valence-electron chi connectivity index (χ2n) is 6.47. The molecule has 0 spiro atoms. The first-order chi connectivity index (χ1) is 14.1. The molecule has 1 unspecified atom stereocenters. The highest BCUT2D eigenvalue weighted by atomic mass is 19.1. The van der Waals surface area contributed by atoms with Crippen LogP contribution in [0.1, 0.15) is 11.1 Å². The molecule has 1 aliphatic rings. The van der Waals surface area contributed by atoms with Gasteiger partial charge in [0.15, 0.2) is 12.5 Å². The van der Waals surface area contributed by atoms with Crippen LogP contribution in [-0.2, 0) is 4.79 Å². The summed E-state index contributed by atoms with van der Waals surface area (Å²) in [6, 6.07) is 22.8. The average molecular weight is 390 g/mol. The number of aliphatic imine (C=N–C) groups is 1. The molecule has 7 heteroatoms. The van der Waals surface area contributed by atoms with Crippen molar-refractivity contribution in [1.29, 1.82) is 0 Å². The summed E-state index contributed by atoms with van der Waals surface area (Å²) < 4.78 is 13.8. The molecule has 1 aliphatic heterocycles. The molecule has 0 bridgehead atoms. The van der Waals surface area contributed by atoms with E-state index in [1.165, 1.54) is 12.1 Å². The molecule has 146 valence electrons. The third-order valence-electron chi connectivity index (χ3n) is 4.48. The van der Waals surface area contributed by atoms with Crippen molar-refractivity contribution < 1.29 is 14.3 Å². The third-order valence-corrected chi connectivity index (χ3v) is 4.48. The van der Waals surface area contributed by atoms with Crippen molar-refractivity contribution in [1.82, 2.24) is 5.32 Å². The fourth-order valence-electron chi connectivity index (χ4n) is 3.11. The van der Waals surface area contributed by atoms with E-state index in [1.54, 1.807) is 18.2 Å². The first-order valence-corrected chi connectivity index (χ1v) is 9.10. The van der Waals surface area contributed by atoms with Crippen LogP contribution in [0, 0.1) is 5.82 Å². The summed E-state index contributed by atoms with van der Waals surface area (Å²) in [6.07, 6.45) is -2.49. The molecule has 0 aliphatic carbocycles. The topological polar surface area (TPSA) is 85.8 Å². The molecule has 4 N–H and O–H groups in total. The number of fused-ring (bicyclic) bond motifs is 1. The molecule has 0 radical (unpaired) electrons. The van der Waals surface area contributed by atoms with E-state index in [9.17, 15) is 14.3 Å². The minimum absolute atomic E-state index is 0.108. The molecule has 2 atom stereocenters. The van der Waals surface area contributed by atoms with Crippen molar-refractivity contribution in [2.45, 2.75) is 12.5 Å². The summed E-state index contributed by atoms with van der Waals surface area (Å²) in [5.41, 5.74) is 2.95. The molecule has 1 amide bonds. The maximum absolute atomic E-state index is 13.8. The number of amides is 1. The zero-order valence-corrected chi connectivity index (χ0v) is 15.3. The Kier molecular flexibility index (Phi) is 5.33. The number of para-hydroxylation sites is 2. The van der Waals surface area contributed by atoms with E-state index in [0.29, 0.717) is 11.4 Å². The molecule has 1 heterocycles. The minimum Gasteiger partial charge on any atom is -0.361 e. The van der Waals surface area contributed by atoms with Gasteiger partial charge < -0.3 is 15.7 Å². The summed E-state index contributed by atoms with van der Waals surface area (Å²) in [5, 5.41) is 18.4. The van der Waals surface area contributed by atoms with E-state index in [-0.39, 0.29) is 5.69 Å². The van der Waals surface area contributed by atoms with Crippen molar-refractivity contribution in [3.63, 3.8) is 0 Å². The van der Waals surface area contributed by atoms with Gasteiger partial charge in [-0.1, -0.05) is 60.7 Å². The standard InChI is InChI=1S/C22H19FN4O2/c23-16-11-5-7-13-18(16)25-22(29)27-20-21(28)24-17-12-6-4-10-15(17)19(26-20)14-8-2-1-3-9-14/h1-13,20,22,25,27,29H,(H,24,28)/t20-,22?/m1/s1. The fourth-order valence-corrected chi connectivity index (χ4v) is 3.11. The number of anilines is 2. The number of rotatable bonds is 5. The van der Waals surface area contributed by atoms with E-state index in [2.05, 4.69) is 20.9 Å². The second-order valence-corrected chi connectivity index (χ2v) is 6.47. The Morgan fingerprint density at radius 3 is 2.45 bits per heavy atom. The molecule has 0 aromatic heterocycles. The number of aliphatic hydroxyl groups excluding tert-OH is 1. The van der Waals surface area contributed by atoms with Crippen LogP contribution in [0.25, 0.3) is 0 Å². The predicted octanol–water partition coefficient (Wildman–Crippen LogP) is 2.92. The van der Waals surface area contributed by atoms with E-state index >= 15 is 0 Å². The summed E-state index contributed by atoms with van der Waals surface area (Å²) >= 11 is 0. The number of nitrogens with one attached hydrogen (secondary N) is 3. The predicted molar refractivity (Wildman–Crippen MR) is 110 cm³/mol. The molecular formula is C22H19FN4O2. The third kappa shape index (κ3) is 4.16. The summed E-state index contributed by atoms with van der Waals surface area (Å²) in [6.45, 7) is 0. The lowest BCUT2D eigenvalue weighted by atomic mass is 10.0. The SMILES string of the molecule is O=C1Nc2ccccc2C(c2ccccc2)=N[C@@H]1NC(O)Nc1ccccc1F. The number of carbonyl (C=O) groups is 1. The van der Waals surface area contributed by atoms with Gasteiger partial charge in [0.1, 0.15) is 5.82 Å². The van der Waals surface area contributed by atoms with Crippen LogP contribution >= 0.6 is 0 Å². The molecule has 4 rings (SSSR count). The molecule has 0 saturated heterocycles. The van der Waals surface area contributed by atoms with Crippen LogP contribution in [0.5, 0.6) is 0 Å².